The Morgan fingerprint density at radius 1 is 1.38 bits per heavy atom. The lowest BCUT2D eigenvalue weighted by Gasteiger charge is -2.36. The molecule has 1 aliphatic rings. The molecule has 1 aliphatic heterocycles. The average molecular weight is 334 g/mol. The summed E-state index contributed by atoms with van der Waals surface area (Å²) in [7, 11) is 1.69. The van der Waals surface area contributed by atoms with Crippen molar-refractivity contribution in [1.82, 2.24) is 4.90 Å². The molecule has 2 unspecified atom stereocenters. The first-order valence-electron chi connectivity index (χ1n) is 8.42. The van der Waals surface area contributed by atoms with Crippen LogP contribution in [0.1, 0.15) is 30.9 Å². The number of nitrogens with zero attached hydrogens (tertiary/aromatic N) is 2. The van der Waals surface area contributed by atoms with Gasteiger partial charge in [-0.2, -0.15) is 0 Å². The molecule has 2 rings (SSSR count). The summed E-state index contributed by atoms with van der Waals surface area (Å²) in [6, 6.07) is 10.2. The Morgan fingerprint density at radius 3 is 2.88 bits per heavy atom. The Hall–Kier alpha value is -1.92. The molecule has 24 heavy (non-hydrogen) atoms. The van der Waals surface area contributed by atoms with E-state index in [1.807, 2.05) is 23.1 Å². The van der Waals surface area contributed by atoms with Crippen molar-refractivity contribution < 1.29 is 14.4 Å². The Kier molecular flexibility index (Phi) is 7.71. The summed E-state index contributed by atoms with van der Waals surface area (Å²) < 4.78 is 11.3. The van der Waals surface area contributed by atoms with Crippen LogP contribution in [0.15, 0.2) is 42.7 Å². The molecule has 0 radical (unpaired) electrons. The van der Waals surface area contributed by atoms with Gasteiger partial charge in [-0.15, -0.1) is 0 Å². The summed E-state index contributed by atoms with van der Waals surface area (Å²) >= 11 is 0. The fourth-order valence-electron chi connectivity index (χ4n) is 3.13. The topological polar surface area (TPSA) is 64.8 Å². The van der Waals surface area contributed by atoms with Gasteiger partial charge in [0.2, 0.25) is 6.20 Å². The summed E-state index contributed by atoms with van der Waals surface area (Å²) in [5.74, 6) is 0.320. The standard InChI is InChI=1S/C18H26N2O4/c1-23-13-6-14-24-18(16-7-3-2-4-8-16)17-9-5-10-19(15-17)11-12-20(21)22/h2-4,7-8,11-12,17-18H,5-6,9-10,13-15H2,1H3/b12-11-. The second-order valence-corrected chi connectivity index (χ2v) is 6.03. The highest BCUT2D eigenvalue weighted by Gasteiger charge is 2.28. The lowest BCUT2D eigenvalue weighted by Crippen LogP contribution is -2.35. The number of hydrogen-bond donors (Lipinski definition) is 0. The molecule has 6 nitrogen and oxygen atoms in total. The van der Waals surface area contributed by atoms with Gasteiger partial charge in [0.1, 0.15) is 0 Å². The predicted octanol–water partition coefficient (Wildman–Crippen LogP) is 3.24. The molecule has 1 saturated heterocycles. The molecule has 1 heterocycles. The first kappa shape index (κ1) is 18.4. The van der Waals surface area contributed by atoms with Crippen LogP contribution < -0.4 is 0 Å². The molecular formula is C18H26N2O4. The molecule has 0 bridgehead atoms. The van der Waals surface area contributed by atoms with Gasteiger partial charge in [0, 0.05) is 39.3 Å². The number of hydrogen-bond acceptors (Lipinski definition) is 5. The third kappa shape index (κ3) is 5.94. The van der Waals surface area contributed by atoms with Crippen LogP contribution in [0.3, 0.4) is 0 Å². The SMILES string of the molecule is COCCCOC(c1ccccc1)C1CCCN(/C=C\[N+](=O)[O-])C1. The van der Waals surface area contributed by atoms with Crippen LogP contribution in [-0.2, 0) is 9.47 Å². The molecule has 1 aromatic rings. The maximum atomic E-state index is 10.5. The number of piperidine rings is 1. The highest BCUT2D eigenvalue weighted by Crippen LogP contribution is 2.33. The van der Waals surface area contributed by atoms with E-state index in [2.05, 4.69) is 12.1 Å². The Balaban J connectivity index is 2.03. The minimum absolute atomic E-state index is 0.00913. The number of methoxy groups -OCH3 is 1. The summed E-state index contributed by atoms with van der Waals surface area (Å²) in [4.78, 5) is 12.1. The lowest BCUT2D eigenvalue weighted by atomic mass is 9.88. The van der Waals surface area contributed by atoms with Crippen molar-refractivity contribution in [3.8, 4) is 0 Å². The van der Waals surface area contributed by atoms with Crippen LogP contribution in [-0.4, -0.2) is 43.2 Å². The van der Waals surface area contributed by atoms with Crippen LogP contribution in [0.25, 0.3) is 0 Å². The number of likely N-dealkylation sites (tertiary alicyclic amines) is 1. The van der Waals surface area contributed by atoms with Gasteiger partial charge in [0.15, 0.2) is 0 Å². The normalized spacial score (nSPS) is 19.5. The van der Waals surface area contributed by atoms with Gasteiger partial charge in [-0.3, -0.25) is 10.1 Å². The smallest absolute Gasteiger partial charge is 0.250 e. The Morgan fingerprint density at radius 2 is 2.17 bits per heavy atom. The summed E-state index contributed by atoms with van der Waals surface area (Å²) in [5, 5.41) is 10.5. The van der Waals surface area contributed by atoms with Crippen LogP contribution >= 0.6 is 0 Å². The van der Waals surface area contributed by atoms with Crippen LogP contribution in [0, 0.1) is 16.0 Å². The third-order valence-corrected chi connectivity index (χ3v) is 4.23. The van der Waals surface area contributed by atoms with Gasteiger partial charge in [-0.25, -0.2) is 0 Å². The molecule has 6 heteroatoms. The molecule has 0 aliphatic carbocycles. The zero-order chi connectivity index (χ0) is 17.2. The monoisotopic (exact) mass is 334 g/mol. The molecule has 0 aromatic heterocycles. The van der Waals surface area contributed by atoms with Crippen LogP contribution in [0.5, 0.6) is 0 Å². The first-order chi connectivity index (χ1) is 11.7. The minimum atomic E-state index is -0.417. The van der Waals surface area contributed by atoms with Crippen molar-refractivity contribution in [2.24, 2.45) is 5.92 Å². The van der Waals surface area contributed by atoms with Crippen LogP contribution in [0.2, 0.25) is 0 Å². The van der Waals surface area contributed by atoms with Gasteiger partial charge in [-0.05, 0) is 24.8 Å². The predicted molar refractivity (Wildman–Crippen MR) is 92.1 cm³/mol. The first-order valence-corrected chi connectivity index (χ1v) is 8.42. The van der Waals surface area contributed by atoms with E-state index < -0.39 is 4.92 Å². The maximum Gasteiger partial charge on any atom is 0.250 e. The van der Waals surface area contributed by atoms with E-state index in [9.17, 15) is 10.1 Å². The van der Waals surface area contributed by atoms with Crippen molar-refractivity contribution >= 4 is 0 Å². The molecule has 1 fully saturated rings. The van der Waals surface area contributed by atoms with E-state index in [4.69, 9.17) is 9.47 Å². The van der Waals surface area contributed by atoms with Crippen molar-refractivity contribution in [2.75, 3.05) is 33.4 Å². The fraction of sp³-hybridized carbons (Fsp3) is 0.556. The molecular weight excluding hydrogens is 308 g/mol. The summed E-state index contributed by atoms with van der Waals surface area (Å²) in [5.41, 5.74) is 1.17. The van der Waals surface area contributed by atoms with Crippen molar-refractivity contribution in [3.05, 3.63) is 58.4 Å². The largest absolute Gasteiger partial charge is 0.385 e. The van der Waals surface area contributed by atoms with Gasteiger partial charge in [0.05, 0.1) is 17.2 Å². The second-order valence-electron chi connectivity index (χ2n) is 6.03. The fourth-order valence-corrected chi connectivity index (χ4v) is 3.13. The van der Waals surface area contributed by atoms with E-state index in [1.54, 1.807) is 13.3 Å². The minimum Gasteiger partial charge on any atom is -0.385 e. The Labute approximate surface area is 143 Å². The van der Waals surface area contributed by atoms with Gasteiger partial charge >= 0.3 is 0 Å². The van der Waals surface area contributed by atoms with Crippen molar-refractivity contribution in [3.63, 3.8) is 0 Å². The molecule has 2 atom stereocenters. The number of ether oxygens (including phenoxy) is 2. The van der Waals surface area contributed by atoms with E-state index in [0.29, 0.717) is 19.1 Å². The molecule has 0 amide bonds. The average Bonchev–Trinajstić information content (AvgIpc) is 2.61. The number of benzene rings is 1. The maximum absolute atomic E-state index is 10.5. The molecule has 0 saturated carbocycles. The highest BCUT2D eigenvalue weighted by molar-refractivity contribution is 5.18. The lowest BCUT2D eigenvalue weighted by molar-refractivity contribution is -0.403. The second kappa shape index (κ2) is 10.1. The van der Waals surface area contributed by atoms with Gasteiger partial charge in [0.25, 0.3) is 0 Å². The van der Waals surface area contributed by atoms with E-state index in [0.717, 1.165) is 38.6 Å². The third-order valence-electron chi connectivity index (χ3n) is 4.23. The number of nitro groups is 1. The molecule has 0 N–H and O–H groups in total. The highest BCUT2D eigenvalue weighted by atomic mass is 16.6. The van der Waals surface area contributed by atoms with Gasteiger partial charge < -0.3 is 14.4 Å². The molecule has 0 spiro atoms. The van der Waals surface area contributed by atoms with Crippen molar-refractivity contribution in [2.45, 2.75) is 25.4 Å². The van der Waals surface area contributed by atoms with Crippen LogP contribution in [0.4, 0.5) is 0 Å². The number of rotatable bonds is 9. The van der Waals surface area contributed by atoms with Gasteiger partial charge in [-0.1, -0.05) is 30.3 Å². The van der Waals surface area contributed by atoms with E-state index in [-0.39, 0.29) is 6.10 Å². The summed E-state index contributed by atoms with van der Waals surface area (Å²) in [6.07, 6.45) is 5.54. The zero-order valence-electron chi connectivity index (χ0n) is 14.2. The zero-order valence-corrected chi connectivity index (χ0v) is 14.2. The molecule has 1 aromatic carbocycles. The van der Waals surface area contributed by atoms with Crippen molar-refractivity contribution in [1.29, 1.82) is 0 Å². The van der Waals surface area contributed by atoms with E-state index >= 15 is 0 Å². The quantitative estimate of drug-likeness (QED) is 0.394. The summed E-state index contributed by atoms with van der Waals surface area (Å²) in [6.45, 7) is 2.96. The van der Waals surface area contributed by atoms with E-state index in [1.165, 1.54) is 5.56 Å². The Bertz CT molecular complexity index is 521. The molecule has 132 valence electrons.